The minimum Gasteiger partial charge on any atom is -0.352 e. The Morgan fingerprint density at radius 2 is 1.46 bits per heavy atom. The van der Waals surface area contributed by atoms with Crippen molar-refractivity contribution in [2.75, 3.05) is 10.8 Å². The predicted octanol–water partition coefficient (Wildman–Crippen LogP) is 5.13. The van der Waals surface area contributed by atoms with Gasteiger partial charge >= 0.3 is 0 Å². The average molecular weight is 563 g/mol. The summed E-state index contributed by atoms with van der Waals surface area (Å²) in [5.41, 5.74) is 0.970. The van der Waals surface area contributed by atoms with Crippen molar-refractivity contribution in [1.29, 1.82) is 0 Å². The molecule has 0 unspecified atom stereocenters. The van der Waals surface area contributed by atoms with Crippen LogP contribution in [0.5, 0.6) is 0 Å². The standard InChI is InChI=1S/C27H29Cl2N3O4S/c1-19(2)30-27(34)20(3)31(17-21-14-15-24(28)25(29)16-21)26(33)18-32(22-10-6-4-7-11-22)37(35,36)23-12-8-5-9-13-23/h4-16,19-20H,17-18H2,1-3H3,(H,30,34)/t20-/m0/s1. The highest BCUT2D eigenvalue weighted by atomic mass is 35.5. The molecule has 0 aliphatic carbocycles. The Hall–Kier alpha value is -3.07. The van der Waals surface area contributed by atoms with Gasteiger partial charge in [-0.25, -0.2) is 8.42 Å². The Morgan fingerprint density at radius 3 is 2.03 bits per heavy atom. The summed E-state index contributed by atoms with van der Waals surface area (Å²) in [7, 11) is -4.09. The molecule has 0 fully saturated rings. The van der Waals surface area contributed by atoms with Gasteiger partial charge in [-0.05, 0) is 62.7 Å². The van der Waals surface area contributed by atoms with Crippen LogP contribution in [0.2, 0.25) is 10.0 Å². The average Bonchev–Trinajstić information content (AvgIpc) is 2.87. The molecule has 0 saturated carbocycles. The lowest BCUT2D eigenvalue weighted by atomic mass is 10.1. The number of nitrogens with one attached hydrogen (secondary N) is 1. The molecule has 7 nitrogen and oxygen atoms in total. The molecule has 10 heteroatoms. The molecule has 0 heterocycles. The molecule has 0 spiro atoms. The van der Waals surface area contributed by atoms with Crippen LogP contribution in [0.3, 0.4) is 0 Å². The Kier molecular flexibility index (Phi) is 9.59. The molecule has 196 valence electrons. The van der Waals surface area contributed by atoms with Gasteiger partial charge in [-0.2, -0.15) is 0 Å². The fourth-order valence-electron chi connectivity index (χ4n) is 3.67. The highest BCUT2D eigenvalue weighted by Crippen LogP contribution is 2.26. The van der Waals surface area contributed by atoms with Gasteiger partial charge in [0.05, 0.1) is 20.6 Å². The third-order valence-electron chi connectivity index (χ3n) is 5.59. The number of anilines is 1. The number of nitrogens with zero attached hydrogens (tertiary/aromatic N) is 2. The van der Waals surface area contributed by atoms with E-state index >= 15 is 0 Å². The highest BCUT2D eigenvalue weighted by Gasteiger charge is 2.32. The third-order valence-corrected chi connectivity index (χ3v) is 8.12. The summed E-state index contributed by atoms with van der Waals surface area (Å²) in [4.78, 5) is 28.1. The summed E-state index contributed by atoms with van der Waals surface area (Å²) < 4.78 is 28.3. The Bertz CT molecular complexity index is 1340. The number of hydrogen-bond acceptors (Lipinski definition) is 4. The van der Waals surface area contributed by atoms with Crippen LogP contribution in [0.4, 0.5) is 5.69 Å². The normalized spacial score (nSPS) is 12.2. The fraction of sp³-hybridized carbons (Fsp3) is 0.259. The van der Waals surface area contributed by atoms with Gasteiger partial charge in [-0.15, -0.1) is 0 Å². The number of carbonyl (C=O) groups is 2. The summed E-state index contributed by atoms with van der Waals surface area (Å²) >= 11 is 12.2. The number of halogens is 2. The van der Waals surface area contributed by atoms with E-state index in [1.54, 1.807) is 73.7 Å². The van der Waals surface area contributed by atoms with Crippen molar-refractivity contribution in [3.63, 3.8) is 0 Å². The molecule has 0 aliphatic heterocycles. The van der Waals surface area contributed by atoms with Crippen LogP contribution >= 0.6 is 23.2 Å². The molecular weight excluding hydrogens is 533 g/mol. The van der Waals surface area contributed by atoms with Gasteiger partial charge < -0.3 is 10.2 Å². The second-order valence-corrected chi connectivity index (χ2v) is 11.4. The van der Waals surface area contributed by atoms with Gasteiger partial charge in [0.15, 0.2) is 0 Å². The first-order valence-corrected chi connectivity index (χ1v) is 13.9. The summed E-state index contributed by atoms with van der Waals surface area (Å²) in [6.45, 7) is 4.75. The zero-order valence-corrected chi connectivity index (χ0v) is 23.1. The van der Waals surface area contributed by atoms with Crippen LogP contribution < -0.4 is 9.62 Å². The van der Waals surface area contributed by atoms with Gasteiger partial charge in [0.25, 0.3) is 10.0 Å². The van der Waals surface area contributed by atoms with Gasteiger partial charge in [0.2, 0.25) is 11.8 Å². The van der Waals surface area contributed by atoms with E-state index in [0.717, 1.165) is 4.31 Å². The molecule has 3 aromatic rings. The van der Waals surface area contributed by atoms with E-state index in [9.17, 15) is 18.0 Å². The lowest BCUT2D eigenvalue weighted by Crippen LogP contribution is -2.52. The van der Waals surface area contributed by atoms with E-state index in [1.165, 1.54) is 17.0 Å². The highest BCUT2D eigenvalue weighted by molar-refractivity contribution is 7.92. The molecule has 1 N–H and O–H groups in total. The van der Waals surface area contributed by atoms with E-state index in [2.05, 4.69) is 5.32 Å². The minimum absolute atomic E-state index is 0.0242. The zero-order chi connectivity index (χ0) is 27.2. The minimum atomic E-state index is -4.09. The molecule has 0 saturated heterocycles. The summed E-state index contributed by atoms with van der Waals surface area (Å²) in [6, 6.07) is 20.2. The SMILES string of the molecule is CC(C)NC(=O)[C@H](C)N(Cc1ccc(Cl)c(Cl)c1)C(=O)CN(c1ccccc1)S(=O)(=O)c1ccccc1. The number of rotatable bonds is 10. The molecule has 37 heavy (non-hydrogen) atoms. The Labute approximate surface area is 228 Å². The van der Waals surface area contributed by atoms with Crippen LogP contribution in [0.15, 0.2) is 83.8 Å². The van der Waals surface area contributed by atoms with Crippen LogP contribution in [0.1, 0.15) is 26.3 Å². The first-order chi connectivity index (χ1) is 17.5. The first kappa shape index (κ1) is 28.5. The Balaban J connectivity index is 2.00. The molecule has 1 atom stereocenters. The van der Waals surface area contributed by atoms with Crippen LogP contribution in [0.25, 0.3) is 0 Å². The number of carbonyl (C=O) groups excluding carboxylic acids is 2. The van der Waals surface area contributed by atoms with Gasteiger partial charge in [0, 0.05) is 12.6 Å². The summed E-state index contributed by atoms with van der Waals surface area (Å²) in [5, 5.41) is 3.48. The van der Waals surface area contributed by atoms with Crippen molar-refractivity contribution >= 4 is 50.7 Å². The number of amides is 2. The quantitative estimate of drug-likeness (QED) is 0.371. The second kappa shape index (κ2) is 12.4. The van der Waals surface area contributed by atoms with Crippen molar-refractivity contribution in [2.24, 2.45) is 0 Å². The summed E-state index contributed by atoms with van der Waals surface area (Å²) in [5.74, 6) is -0.915. The molecule has 2 amide bonds. The smallest absolute Gasteiger partial charge is 0.264 e. The first-order valence-electron chi connectivity index (χ1n) is 11.7. The molecule has 0 aromatic heterocycles. The predicted molar refractivity (Wildman–Crippen MR) is 147 cm³/mol. The lowest BCUT2D eigenvalue weighted by Gasteiger charge is -2.32. The molecule has 3 aromatic carbocycles. The van der Waals surface area contributed by atoms with E-state index < -0.39 is 28.5 Å². The zero-order valence-electron chi connectivity index (χ0n) is 20.8. The van der Waals surface area contributed by atoms with E-state index in [-0.39, 0.29) is 23.4 Å². The summed E-state index contributed by atoms with van der Waals surface area (Å²) in [6.07, 6.45) is 0. The maximum absolute atomic E-state index is 13.8. The van der Waals surface area contributed by atoms with Crippen molar-refractivity contribution < 1.29 is 18.0 Å². The van der Waals surface area contributed by atoms with E-state index in [1.807, 2.05) is 13.8 Å². The maximum Gasteiger partial charge on any atom is 0.264 e. The maximum atomic E-state index is 13.8. The van der Waals surface area contributed by atoms with Crippen molar-refractivity contribution in [2.45, 2.75) is 44.3 Å². The van der Waals surface area contributed by atoms with Crippen LogP contribution in [-0.2, 0) is 26.2 Å². The monoisotopic (exact) mass is 561 g/mol. The molecule has 0 radical (unpaired) electrons. The fourth-order valence-corrected chi connectivity index (χ4v) is 5.42. The topological polar surface area (TPSA) is 86.8 Å². The van der Waals surface area contributed by atoms with Gasteiger partial charge in [-0.1, -0.05) is 65.7 Å². The van der Waals surface area contributed by atoms with E-state index in [0.29, 0.717) is 21.3 Å². The van der Waals surface area contributed by atoms with Crippen molar-refractivity contribution in [3.8, 4) is 0 Å². The van der Waals surface area contributed by atoms with Crippen LogP contribution in [0, 0.1) is 0 Å². The molecule has 0 bridgehead atoms. The Morgan fingerprint density at radius 1 is 0.865 bits per heavy atom. The molecule has 0 aliphatic rings. The number of para-hydroxylation sites is 1. The lowest BCUT2D eigenvalue weighted by molar-refractivity contribution is -0.139. The number of benzene rings is 3. The van der Waals surface area contributed by atoms with Gasteiger partial charge in [0.1, 0.15) is 12.6 Å². The second-order valence-electron chi connectivity index (χ2n) is 8.77. The van der Waals surface area contributed by atoms with Crippen molar-refractivity contribution in [3.05, 3.63) is 94.5 Å². The number of sulfonamides is 1. The van der Waals surface area contributed by atoms with Gasteiger partial charge in [-0.3, -0.25) is 13.9 Å². The molecule has 3 rings (SSSR count). The number of hydrogen-bond donors (Lipinski definition) is 1. The third kappa shape index (κ3) is 7.25. The largest absolute Gasteiger partial charge is 0.352 e. The van der Waals surface area contributed by atoms with Crippen molar-refractivity contribution in [1.82, 2.24) is 10.2 Å². The van der Waals surface area contributed by atoms with Crippen LogP contribution in [-0.4, -0.2) is 43.8 Å². The van der Waals surface area contributed by atoms with E-state index in [4.69, 9.17) is 23.2 Å². The molecular formula is C27H29Cl2N3O4S.